The van der Waals surface area contributed by atoms with Crippen molar-refractivity contribution in [1.29, 1.82) is 0 Å². The van der Waals surface area contributed by atoms with Crippen LogP contribution in [0.5, 0.6) is 0 Å². The predicted molar refractivity (Wildman–Crippen MR) is 161 cm³/mol. The highest BCUT2D eigenvalue weighted by Gasteiger charge is 2.28. The Balaban J connectivity index is 1.82. The molecule has 0 amide bonds. The van der Waals surface area contributed by atoms with E-state index >= 15 is 0 Å². The van der Waals surface area contributed by atoms with Gasteiger partial charge in [-0.3, -0.25) is 4.31 Å². The number of benzene rings is 4. The van der Waals surface area contributed by atoms with Crippen LogP contribution in [-0.4, -0.2) is 23.4 Å². The second kappa shape index (κ2) is 12.0. The molecule has 0 aromatic heterocycles. The third kappa shape index (κ3) is 6.22. The summed E-state index contributed by atoms with van der Waals surface area (Å²) in [5.41, 5.74) is 3.56. The molecule has 0 bridgehead atoms. The van der Waals surface area contributed by atoms with Gasteiger partial charge in [0.25, 0.3) is 20.0 Å². The Labute approximate surface area is 238 Å². The van der Waals surface area contributed by atoms with Crippen LogP contribution in [0.1, 0.15) is 36.5 Å². The Hall–Kier alpha value is -4.06. The molecule has 0 N–H and O–H groups in total. The Bertz CT molecular complexity index is 1740. The summed E-state index contributed by atoms with van der Waals surface area (Å²) < 4.78 is 57.5. The first-order valence-electron chi connectivity index (χ1n) is 12.9. The summed E-state index contributed by atoms with van der Waals surface area (Å²) in [4.78, 5) is 0.219. The van der Waals surface area contributed by atoms with Crippen molar-refractivity contribution >= 4 is 31.4 Å². The van der Waals surface area contributed by atoms with Gasteiger partial charge in [-0.2, -0.15) is 4.31 Å². The largest absolute Gasteiger partial charge is 0.275 e. The number of anilines is 2. The van der Waals surface area contributed by atoms with E-state index in [2.05, 4.69) is 12.0 Å². The Morgan fingerprint density at radius 1 is 0.650 bits per heavy atom. The minimum Gasteiger partial charge on any atom is -0.254 e. The fraction of sp³-hybridized carbons (Fsp3) is 0.188. The highest BCUT2D eigenvalue weighted by Crippen LogP contribution is 2.31. The molecule has 0 spiro atoms. The number of aryl methyl sites for hydroxylation is 2. The minimum absolute atomic E-state index is 0.0441. The summed E-state index contributed by atoms with van der Waals surface area (Å²) in [6.07, 6.45) is 0. The van der Waals surface area contributed by atoms with Crippen LogP contribution in [0.25, 0.3) is 0 Å². The van der Waals surface area contributed by atoms with Crippen molar-refractivity contribution in [2.75, 3.05) is 15.2 Å². The fourth-order valence-corrected chi connectivity index (χ4v) is 6.83. The summed E-state index contributed by atoms with van der Waals surface area (Å²) >= 11 is 0. The molecule has 0 aliphatic carbocycles. The zero-order chi connectivity index (χ0) is 28.9. The summed E-state index contributed by atoms with van der Waals surface area (Å²) in [5, 5.41) is 0. The smallest absolute Gasteiger partial charge is 0.254 e. The van der Waals surface area contributed by atoms with Gasteiger partial charge in [0.2, 0.25) is 0 Å². The van der Waals surface area contributed by atoms with Gasteiger partial charge in [-0.1, -0.05) is 91.6 Å². The first kappa shape index (κ1) is 28.9. The van der Waals surface area contributed by atoms with E-state index in [4.69, 9.17) is 0 Å². The molecule has 4 aromatic rings. The van der Waals surface area contributed by atoms with Gasteiger partial charge in [0.15, 0.2) is 0 Å². The number of hydrogen-bond donors (Lipinski definition) is 0. The van der Waals surface area contributed by atoms with Gasteiger partial charge in [-0.05, 0) is 67.8 Å². The van der Waals surface area contributed by atoms with Crippen LogP contribution in [0.3, 0.4) is 0 Å². The monoisotopic (exact) mass is 572 g/mol. The summed E-state index contributed by atoms with van der Waals surface area (Å²) in [6, 6.07) is 31.7. The first-order valence-corrected chi connectivity index (χ1v) is 15.7. The number of sulfonamides is 2. The number of rotatable bonds is 8. The van der Waals surface area contributed by atoms with Crippen molar-refractivity contribution in [3.05, 3.63) is 120 Å². The van der Waals surface area contributed by atoms with E-state index in [1.54, 1.807) is 78.9 Å². The molecule has 4 aromatic carbocycles. The fourth-order valence-electron chi connectivity index (χ4n) is 4.16. The zero-order valence-corrected chi connectivity index (χ0v) is 24.6. The zero-order valence-electron chi connectivity index (χ0n) is 22.9. The second-order valence-corrected chi connectivity index (χ2v) is 13.4. The Morgan fingerprint density at radius 2 is 1.15 bits per heavy atom. The van der Waals surface area contributed by atoms with Crippen LogP contribution in [0.2, 0.25) is 0 Å². The molecular formula is C32H32N2O4S2. The number of para-hydroxylation sites is 2. The Kier molecular flexibility index (Phi) is 8.67. The van der Waals surface area contributed by atoms with Gasteiger partial charge in [-0.25, -0.2) is 16.8 Å². The summed E-state index contributed by atoms with van der Waals surface area (Å²) in [5.74, 6) is 2.91. The quantitative estimate of drug-likeness (QED) is 0.179. The Morgan fingerprint density at radius 3 is 1.70 bits per heavy atom. The maximum atomic E-state index is 13.9. The van der Waals surface area contributed by atoms with Crippen molar-refractivity contribution in [1.82, 2.24) is 0 Å². The molecule has 40 heavy (non-hydrogen) atoms. The third-order valence-electron chi connectivity index (χ3n) is 6.39. The molecule has 0 fully saturated rings. The molecule has 0 saturated carbocycles. The number of nitrogens with zero attached hydrogens (tertiary/aromatic N) is 2. The lowest BCUT2D eigenvalue weighted by Gasteiger charge is -2.26. The lowest BCUT2D eigenvalue weighted by Crippen LogP contribution is -2.33. The SMILES string of the molecule is Cc1ccc(S(=O)(=O)N(C#CCN(c2ccccc2C(C)C)S(=O)(=O)c2ccc(C)cc2)c2ccccc2)cc1. The van der Waals surface area contributed by atoms with E-state index in [9.17, 15) is 16.8 Å². The van der Waals surface area contributed by atoms with E-state index in [1.807, 2.05) is 39.8 Å². The van der Waals surface area contributed by atoms with E-state index in [1.165, 1.54) is 16.4 Å². The average molecular weight is 573 g/mol. The van der Waals surface area contributed by atoms with Gasteiger partial charge in [-0.15, -0.1) is 0 Å². The number of hydrogen-bond acceptors (Lipinski definition) is 4. The van der Waals surface area contributed by atoms with E-state index in [0.717, 1.165) is 21.0 Å². The molecule has 0 saturated heterocycles. The highest BCUT2D eigenvalue weighted by atomic mass is 32.2. The van der Waals surface area contributed by atoms with Crippen LogP contribution >= 0.6 is 0 Å². The second-order valence-electron chi connectivity index (χ2n) is 9.74. The molecule has 0 aliphatic heterocycles. The molecule has 0 atom stereocenters. The van der Waals surface area contributed by atoms with Crippen molar-refractivity contribution < 1.29 is 16.8 Å². The molecule has 0 radical (unpaired) electrons. The molecule has 8 heteroatoms. The van der Waals surface area contributed by atoms with Gasteiger partial charge in [0.05, 0.1) is 27.7 Å². The van der Waals surface area contributed by atoms with Crippen LogP contribution in [0, 0.1) is 25.8 Å². The molecule has 0 unspecified atom stereocenters. The van der Waals surface area contributed by atoms with Crippen LogP contribution in [0.4, 0.5) is 11.4 Å². The maximum Gasteiger partial charge on any atom is 0.275 e. The topological polar surface area (TPSA) is 74.8 Å². The van der Waals surface area contributed by atoms with Crippen molar-refractivity contribution in [3.63, 3.8) is 0 Å². The van der Waals surface area contributed by atoms with E-state index in [-0.39, 0.29) is 22.3 Å². The van der Waals surface area contributed by atoms with Crippen LogP contribution in [0.15, 0.2) is 113 Å². The highest BCUT2D eigenvalue weighted by molar-refractivity contribution is 7.93. The normalized spacial score (nSPS) is 11.5. The molecule has 6 nitrogen and oxygen atoms in total. The molecule has 4 rings (SSSR count). The van der Waals surface area contributed by atoms with Crippen LogP contribution < -0.4 is 8.61 Å². The predicted octanol–water partition coefficient (Wildman–Crippen LogP) is 6.48. The third-order valence-corrected chi connectivity index (χ3v) is 9.81. The lowest BCUT2D eigenvalue weighted by molar-refractivity contribution is 0.592. The maximum absolute atomic E-state index is 13.9. The summed E-state index contributed by atoms with van der Waals surface area (Å²) in [6.45, 7) is 7.50. The standard InChI is InChI=1S/C32H32N2O4S2/c1-25(2)31-13-8-9-14-32(31)34(40(37,38)30-21-17-27(4)18-22-30)24-10-23-33(28-11-6-5-7-12-28)39(35,36)29-19-15-26(3)16-20-29/h5-9,11-22,25H,24H2,1-4H3. The van der Waals surface area contributed by atoms with E-state index in [0.29, 0.717) is 11.4 Å². The van der Waals surface area contributed by atoms with Crippen molar-refractivity contribution in [2.45, 2.75) is 43.4 Å². The first-order chi connectivity index (χ1) is 19.0. The van der Waals surface area contributed by atoms with Gasteiger partial charge < -0.3 is 0 Å². The molecule has 0 aliphatic rings. The lowest BCUT2D eigenvalue weighted by atomic mass is 10.0. The molecule has 206 valence electrons. The minimum atomic E-state index is -4.06. The van der Waals surface area contributed by atoms with Crippen LogP contribution in [-0.2, 0) is 20.0 Å². The van der Waals surface area contributed by atoms with Gasteiger partial charge in [0.1, 0.15) is 0 Å². The summed E-state index contributed by atoms with van der Waals surface area (Å²) in [7, 11) is -8.07. The van der Waals surface area contributed by atoms with Gasteiger partial charge >= 0.3 is 0 Å². The molecular weight excluding hydrogens is 540 g/mol. The average Bonchev–Trinajstić information content (AvgIpc) is 2.94. The van der Waals surface area contributed by atoms with Crippen molar-refractivity contribution in [3.8, 4) is 12.0 Å². The molecule has 0 heterocycles. The van der Waals surface area contributed by atoms with Gasteiger partial charge in [0, 0.05) is 6.04 Å². The van der Waals surface area contributed by atoms with E-state index < -0.39 is 20.0 Å². The van der Waals surface area contributed by atoms with Crippen molar-refractivity contribution in [2.24, 2.45) is 0 Å².